The monoisotopic (exact) mass is 771 g/mol. The van der Waals surface area contributed by atoms with E-state index in [2.05, 4.69) is 31.3 Å². The topological polar surface area (TPSA) is 309 Å². The number of carboxylic acids is 1. The zero-order valence-electron chi connectivity index (χ0n) is 31.2. The predicted octanol–water partition coefficient (Wildman–Crippen LogP) is -0.827. The lowest BCUT2D eigenvalue weighted by Gasteiger charge is -2.27. The second-order valence-corrected chi connectivity index (χ2v) is 13.2. The molecule has 0 fully saturated rings. The molecule has 0 spiro atoms. The van der Waals surface area contributed by atoms with E-state index in [0.29, 0.717) is 17.5 Å². The molecule has 0 heterocycles. The van der Waals surface area contributed by atoms with Crippen molar-refractivity contribution in [3.63, 3.8) is 0 Å². The number of rotatable bonds is 23. The van der Waals surface area contributed by atoms with Gasteiger partial charge in [-0.15, -0.1) is 0 Å². The molecule has 0 aliphatic carbocycles. The van der Waals surface area contributed by atoms with E-state index in [-0.39, 0.29) is 63.5 Å². The smallest absolute Gasteiger partial charge is 0.326 e. The number of aliphatic imine (C=N–C) groups is 2. The fraction of sp³-hybridized carbons (Fsp3) is 0.359. The average Bonchev–Trinajstić information content (AvgIpc) is 3.17. The van der Waals surface area contributed by atoms with Gasteiger partial charge >= 0.3 is 5.97 Å². The van der Waals surface area contributed by atoms with Crippen LogP contribution in [0.2, 0.25) is 0 Å². The molecule has 56 heavy (non-hydrogen) atoms. The number of nitrogens with one attached hydrogen (secondary N) is 4. The van der Waals surface area contributed by atoms with Crippen LogP contribution in [-0.4, -0.2) is 89.9 Å². The average molecular weight is 772 g/mol. The van der Waals surface area contributed by atoms with Crippen LogP contribution in [0.5, 0.6) is 0 Å². The summed E-state index contributed by atoms with van der Waals surface area (Å²) in [6.07, 6.45) is 1.06. The fourth-order valence-corrected chi connectivity index (χ4v) is 5.68. The number of nitrogens with two attached hydrogens (primary N) is 5. The van der Waals surface area contributed by atoms with Crippen LogP contribution >= 0.6 is 0 Å². The van der Waals surface area contributed by atoms with E-state index in [0.717, 1.165) is 5.56 Å². The molecule has 0 bridgehead atoms. The summed E-state index contributed by atoms with van der Waals surface area (Å²) in [5, 5.41) is 20.7. The summed E-state index contributed by atoms with van der Waals surface area (Å²) in [4.78, 5) is 75.1. The number of nitrogens with zero attached hydrogens (tertiary/aromatic N) is 2. The van der Waals surface area contributed by atoms with Crippen molar-refractivity contribution in [3.05, 3.63) is 108 Å². The van der Waals surface area contributed by atoms with E-state index in [1.807, 2.05) is 6.07 Å². The molecule has 0 saturated carbocycles. The van der Waals surface area contributed by atoms with Crippen molar-refractivity contribution < 1.29 is 29.1 Å². The number of amides is 4. The van der Waals surface area contributed by atoms with Crippen LogP contribution in [0.4, 0.5) is 0 Å². The summed E-state index contributed by atoms with van der Waals surface area (Å²) < 4.78 is 0. The summed E-state index contributed by atoms with van der Waals surface area (Å²) in [6.45, 7) is 0.428. The Morgan fingerprint density at radius 2 is 0.821 bits per heavy atom. The number of aliphatic carboxylic acids is 1. The SMILES string of the molecule is NC(N)=NCCC[C@H](NC(=O)[C@H](Cc1ccccc1)NC(=O)[C@H](Cc1ccccc1)NC(=O)[C@H](Cc1ccccc1)NC(=O)[C@@H](N)CCCN=C(N)N)C(=O)O. The molecule has 17 heteroatoms. The molecule has 0 aliphatic heterocycles. The van der Waals surface area contributed by atoms with Crippen LogP contribution in [-0.2, 0) is 43.2 Å². The first-order chi connectivity index (χ1) is 26.8. The van der Waals surface area contributed by atoms with Crippen molar-refractivity contribution in [2.45, 2.75) is 75.2 Å². The Morgan fingerprint density at radius 1 is 0.500 bits per heavy atom. The van der Waals surface area contributed by atoms with Crippen molar-refractivity contribution in [2.75, 3.05) is 13.1 Å². The van der Waals surface area contributed by atoms with E-state index in [4.69, 9.17) is 28.7 Å². The Kier molecular flexibility index (Phi) is 18.3. The minimum atomic E-state index is -1.30. The minimum Gasteiger partial charge on any atom is -0.480 e. The van der Waals surface area contributed by atoms with Gasteiger partial charge in [-0.2, -0.15) is 0 Å². The van der Waals surface area contributed by atoms with Crippen molar-refractivity contribution in [1.29, 1.82) is 0 Å². The zero-order valence-corrected chi connectivity index (χ0v) is 31.2. The van der Waals surface area contributed by atoms with Gasteiger partial charge in [0, 0.05) is 32.4 Å². The third-order valence-electron chi connectivity index (χ3n) is 8.61. The Labute approximate surface area is 326 Å². The van der Waals surface area contributed by atoms with Crippen LogP contribution in [0, 0.1) is 0 Å². The van der Waals surface area contributed by atoms with Gasteiger partial charge in [-0.05, 0) is 42.4 Å². The maximum absolute atomic E-state index is 14.2. The van der Waals surface area contributed by atoms with Crippen molar-refractivity contribution in [2.24, 2.45) is 38.7 Å². The molecule has 0 radical (unpaired) electrons. The van der Waals surface area contributed by atoms with Crippen LogP contribution in [0.3, 0.4) is 0 Å². The molecule has 4 amide bonds. The summed E-state index contributed by atoms with van der Waals surface area (Å²) in [7, 11) is 0. The van der Waals surface area contributed by atoms with Crippen molar-refractivity contribution in [1.82, 2.24) is 21.3 Å². The standard InChI is InChI=1S/C39H53N11O6/c40-28(18-10-20-45-38(41)42)33(51)48-30(22-25-12-4-1-5-13-25)35(53)50-32(24-27-16-8-3-9-17-27)36(54)49-31(23-26-14-6-2-7-15-26)34(52)47-29(37(55)56)19-11-21-46-39(43)44/h1-9,12-17,28-32H,10-11,18-24,40H2,(H,47,52)(H,48,51)(H,49,54)(H,50,53)(H,55,56)(H4,41,42,45)(H4,43,44,46)/t28-,29-,30-,31-,32-/m0/s1. The summed E-state index contributed by atoms with van der Waals surface area (Å²) >= 11 is 0. The molecule has 3 aromatic rings. The third-order valence-corrected chi connectivity index (χ3v) is 8.61. The lowest BCUT2D eigenvalue weighted by atomic mass is 10.0. The molecule has 300 valence electrons. The number of carboxylic acid groups (broad SMARTS) is 1. The number of carbonyl (C=O) groups is 5. The quantitative estimate of drug-likeness (QED) is 0.0322. The van der Waals surface area contributed by atoms with Gasteiger partial charge < -0.3 is 55.0 Å². The molecule has 0 aromatic heterocycles. The van der Waals surface area contributed by atoms with Crippen LogP contribution in [0.25, 0.3) is 0 Å². The molecule has 3 aromatic carbocycles. The number of guanidine groups is 2. The molecule has 17 nitrogen and oxygen atoms in total. The highest BCUT2D eigenvalue weighted by molar-refractivity contribution is 5.95. The molecular formula is C39H53N11O6. The molecule has 0 saturated heterocycles. The highest BCUT2D eigenvalue weighted by Gasteiger charge is 2.32. The Hall–Kier alpha value is -6.49. The van der Waals surface area contributed by atoms with Gasteiger partial charge in [-0.3, -0.25) is 29.2 Å². The zero-order chi connectivity index (χ0) is 40.9. The second-order valence-electron chi connectivity index (χ2n) is 13.2. The minimum absolute atomic E-state index is 0.0124. The number of carbonyl (C=O) groups excluding carboxylic acids is 4. The lowest BCUT2D eigenvalue weighted by Crippen LogP contribution is -2.59. The van der Waals surface area contributed by atoms with Crippen molar-refractivity contribution in [3.8, 4) is 0 Å². The molecule has 0 aliphatic rings. The molecule has 15 N–H and O–H groups in total. The lowest BCUT2D eigenvalue weighted by molar-refractivity contribution is -0.142. The van der Waals surface area contributed by atoms with Gasteiger partial charge in [0.15, 0.2) is 11.9 Å². The van der Waals surface area contributed by atoms with Crippen molar-refractivity contribution >= 4 is 41.5 Å². The van der Waals surface area contributed by atoms with E-state index < -0.39 is 59.8 Å². The Morgan fingerprint density at radius 3 is 1.16 bits per heavy atom. The number of hydrogen-bond acceptors (Lipinski definition) is 8. The largest absolute Gasteiger partial charge is 0.480 e. The first-order valence-corrected chi connectivity index (χ1v) is 18.2. The molecule has 3 rings (SSSR count). The van der Waals surface area contributed by atoms with E-state index >= 15 is 0 Å². The Balaban J connectivity index is 1.88. The maximum Gasteiger partial charge on any atom is 0.326 e. The summed E-state index contributed by atoms with van der Waals surface area (Å²) in [5.74, 6) is -4.20. The maximum atomic E-state index is 14.2. The summed E-state index contributed by atoms with van der Waals surface area (Å²) in [5.41, 5.74) is 29.8. The van der Waals surface area contributed by atoms with E-state index in [1.165, 1.54) is 0 Å². The third kappa shape index (κ3) is 16.3. The van der Waals surface area contributed by atoms with Gasteiger partial charge in [0.05, 0.1) is 6.04 Å². The van der Waals surface area contributed by atoms with E-state index in [9.17, 15) is 29.1 Å². The highest BCUT2D eigenvalue weighted by atomic mass is 16.4. The van der Waals surface area contributed by atoms with Crippen LogP contribution in [0.15, 0.2) is 101 Å². The first kappa shape index (κ1) is 43.9. The van der Waals surface area contributed by atoms with Gasteiger partial charge in [0.25, 0.3) is 0 Å². The van der Waals surface area contributed by atoms with Gasteiger partial charge in [0.1, 0.15) is 24.2 Å². The van der Waals surface area contributed by atoms with E-state index in [1.54, 1.807) is 84.9 Å². The highest BCUT2D eigenvalue weighted by Crippen LogP contribution is 2.11. The summed E-state index contributed by atoms with van der Waals surface area (Å²) in [6, 6.07) is 20.9. The first-order valence-electron chi connectivity index (χ1n) is 18.2. The molecular weight excluding hydrogens is 718 g/mol. The van der Waals surface area contributed by atoms with Crippen LogP contribution in [0.1, 0.15) is 42.4 Å². The van der Waals surface area contributed by atoms with Gasteiger partial charge in [-0.25, -0.2) is 4.79 Å². The molecule has 0 unspecified atom stereocenters. The van der Waals surface area contributed by atoms with Crippen LogP contribution < -0.4 is 49.9 Å². The normalized spacial score (nSPS) is 13.4. The predicted molar refractivity (Wildman–Crippen MR) is 214 cm³/mol. The van der Waals surface area contributed by atoms with Gasteiger partial charge in [0.2, 0.25) is 23.6 Å². The number of benzene rings is 3. The Bertz CT molecular complexity index is 1770. The van der Waals surface area contributed by atoms with Gasteiger partial charge in [-0.1, -0.05) is 91.0 Å². The number of hydrogen-bond donors (Lipinski definition) is 10. The second kappa shape index (κ2) is 23.3. The fourth-order valence-electron chi connectivity index (χ4n) is 5.68. The molecule has 5 atom stereocenters.